The molecule has 1 aliphatic carbocycles. The third kappa shape index (κ3) is 6.27. The van der Waals surface area contributed by atoms with Crippen LogP contribution in [0.1, 0.15) is 41.6 Å². The second-order valence-electron chi connectivity index (χ2n) is 9.82. The summed E-state index contributed by atoms with van der Waals surface area (Å²) < 4.78 is 56.0. The Morgan fingerprint density at radius 2 is 1.76 bits per heavy atom. The van der Waals surface area contributed by atoms with Gasteiger partial charge in [-0.05, 0) is 74.8 Å². The molecule has 1 saturated carbocycles. The Kier molecular flexibility index (Phi) is 8.28. The number of aromatic nitrogens is 1. The first kappa shape index (κ1) is 27.9. The number of pyridine rings is 1. The van der Waals surface area contributed by atoms with Crippen LogP contribution < -0.4 is 10.6 Å². The van der Waals surface area contributed by atoms with Gasteiger partial charge in [0.15, 0.2) is 0 Å². The van der Waals surface area contributed by atoms with E-state index < -0.39 is 29.1 Å². The molecule has 0 aliphatic heterocycles. The fourth-order valence-electron chi connectivity index (χ4n) is 5.18. The van der Waals surface area contributed by atoms with Crippen LogP contribution in [-0.4, -0.2) is 42.1 Å². The van der Waals surface area contributed by atoms with E-state index in [-0.39, 0.29) is 29.8 Å². The summed E-state index contributed by atoms with van der Waals surface area (Å²) in [5.41, 5.74) is -1.98. The summed E-state index contributed by atoms with van der Waals surface area (Å²) in [6.45, 7) is 0. The Morgan fingerprint density at radius 3 is 2.39 bits per heavy atom. The van der Waals surface area contributed by atoms with E-state index in [4.69, 9.17) is 11.6 Å². The molecule has 0 unspecified atom stereocenters. The number of hydrogen-bond donors (Lipinski definition) is 2. The topological polar surface area (TPSA) is 57.3 Å². The Bertz CT molecular complexity index is 1250. The first-order chi connectivity index (χ1) is 18.0. The molecule has 2 N–H and O–H groups in total. The van der Waals surface area contributed by atoms with E-state index >= 15 is 0 Å². The number of nitrogens with zero attached hydrogens (tertiary/aromatic N) is 2. The molecule has 2 amide bonds. The Labute approximate surface area is 224 Å². The Hall–Kier alpha value is -3.17. The van der Waals surface area contributed by atoms with Crippen molar-refractivity contribution in [3.05, 3.63) is 100 Å². The molecular formula is C28H29ClF4N4O. The summed E-state index contributed by atoms with van der Waals surface area (Å²) in [6, 6.07) is 13.7. The fourth-order valence-corrected chi connectivity index (χ4v) is 5.29. The average Bonchev–Trinajstić information content (AvgIpc) is 3.32. The number of carbonyl (C=O) groups excluding carboxylic acids is 1. The van der Waals surface area contributed by atoms with Crippen LogP contribution in [0, 0.1) is 5.82 Å². The molecule has 202 valence electrons. The predicted molar refractivity (Wildman–Crippen MR) is 138 cm³/mol. The first-order valence-electron chi connectivity index (χ1n) is 12.3. The fraction of sp³-hybridized carbons (Fsp3) is 0.357. The lowest BCUT2D eigenvalue weighted by molar-refractivity contribution is -0.137. The van der Waals surface area contributed by atoms with Crippen LogP contribution in [0.5, 0.6) is 0 Å². The maximum Gasteiger partial charge on any atom is 0.416 e. The van der Waals surface area contributed by atoms with Crippen LogP contribution in [-0.2, 0) is 18.1 Å². The first-order valence-corrected chi connectivity index (χ1v) is 12.6. The molecule has 0 radical (unpaired) electrons. The molecule has 1 heterocycles. The van der Waals surface area contributed by atoms with E-state index in [2.05, 4.69) is 15.6 Å². The van der Waals surface area contributed by atoms with Gasteiger partial charge in [-0.2, -0.15) is 13.2 Å². The van der Waals surface area contributed by atoms with E-state index in [1.807, 2.05) is 19.0 Å². The van der Waals surface area contributed by atoms with Gasteiger partial charge in [0.2, 0.25) is 0 Å². The van der Waals surface area contributed by atoms with Gasteiger partial charge >= 0.3 is 12.2 Å². The lowest BCUT2D eigenvalue weighted by atomic mass is 9.79. The molecule has 2 aromatic carbocycles. The monoisotopic (exact) mass is 548 g/mol. The molecule has 3 atom stereocenters. The third-order valence-corrected chi connectivity index (χ3v) is 7.20. The van der Waals surface area contributed by atoms with E-state index in [9.17, 15) is 22.4 Å². The van der Waals surface area contributed by atoms with Crippen molar-refractivity contribution in [1.29, 1.82) is 0 Å². The van der Waals surface area contributed by atoms with Gasteiger partial charge in [-0.15, -0.1) is 0 Å². The van der Waals surface area contributed by atoms with E-state index in [1.54, 1.807) is 30.3 Å². The van der Waals surface area contributed by atoms with Crippen molar-refractivity contribution >= 4 is 17.6 Å². The SMILES string of the molecule is CN(C)[C@@H]1CCC[C@H]1NC(=O)N[C@](Cc1ccccc1)(c1cc(F)cc(C(F)(F)F)c1)c1ccc(Cl)cn1. The van der Waals surface area contributed by atoms with Crippen LogP contribution in [0.15, 0.2) is 66.9 Å². The summed E-state index contributed by atoms with van der Waals surface area (Å²) in [5.74, 6) is -1.08. The molecule has 3 aromatic rings. The Balaban J connectivity index is 1.86. The zero-order valence-corrected chi connectivity index (χ0v) is 21.8. The maximum atomic E-state index is 14.7. The van der Waals surface area contributed by atoms with Crippen molar-refractivity contribution in [2.24, 2.45) is 0 Å². The van der Waals surface area contributed by atoms with Crippen LogP contribution in [0.25, 0.3) is 0 Å². The normalized spacial score (nSPS) is 19.3. The van der Waals surface area contributed by atoms with Crippen molar-refractivity contribution in [2.75, 3.05) is 14.1 Å². The highest BCUT2D eigenvalue weighted by Crippen LogP contribution is 2.38. The van der Waals surface area contributed by atoms with Gasteiger partial charge in [0, 0.05) is 24.7 Å². The predicted octanol–water partition coefficient (Wildman–Crippen LogP) is 6.16. The van der Waals surface area contributed by atoms with Gasteiger partial charge < -0.3 is 15.5 Å². The van der Waals surface area contributed by atoms with E-state index in [1.165, 1.54) is 18.3 Å². The third-order valence-electron chi connectivity index (χ3n) is 6.98. The van der Waals surface area contributed by atoms with Gasteiger partial charge in [0.05, 0.1) is 16.3 Å². The number of amides is 2. The molecule has 4 rings (SSSR count). The lowest BCUT2D eigenvalue weighted by Gasteiger charge is -2.37. The number of nitrogens with one attached hydrogen (secondary N) is 2. The van der Waals surface area contributed by atoms with Crippen molar-refractivity contribution in [2.45, 2.75) is 49.5 Å². The molecule has 1 aliphatic rings. The second kappa shape index (κ2) is 11.3. The van der Waals surface area contributed by atoms with Gasteiger partial charge in [0.25, 0.3) is 0 Å². The van der Waals surface area contributed by atoms with Crippen molar-refractivity contribution in [3.63, 3.8) is 0 Å². The molecule has 1 fully saturated rings. The summed E-state index contributed by atoms with van der Waals surface area (Å²) in [6.07, 6.45) is -0.837. The number of likely N-dealkylation sites (N-methyl/N-ethyl adjacent to an activating group) is 1. The van der Waals surface area contributed by atoms with Crippen molar-refractivity contribution in [1.82, 2.24) is 20.5 Å². The molecule has 0 bridgehead atoms. The number of alkyl halides is 3. The van der Waals surface area contributed by atoms with Gasteiger partial charge in [-0.1, -0.05) is 41.9 Å². The number of carbonyl (C=O) groups is 1. The van der Waals surface area contributed by atoms with Crippen LogP contribution >= 0.6 is 11.6 Å². The molecule has 0 spiro atoms. The zero-order valence-electron chi connectivity index (χ0n) is 21.0. The van der Waals surface area contributed by atoms with E-state index in [0.29, 0.717) is 16.7 Å². The molecule has 5 nitrogen and oxygen atoms in total. The highest BCUT2D eigenvalue weighted by molar-refractivity contribution is 6.30. The second-order valence-corrected chi connectivity index (χ2v) is 10.3. The molecule has 38 heavy (non-hydrogen) atoms. The van der Waals surface area contributed by atoms with Gasteiger partial charge in [-0.3, -0.25) is 4.98 Å². The summed E-state index contributed by atoms with van der Waals surface area (Å²) in [4.78, 5) is 20.0. The minimum atomic E-state index is -4.80. The average molecular weight is 549 g/mol. The summed E-state index contributed by atoms with van der Waals surface area (Å²) in [5, 5.41) is 6.22. The maximum absolute atomic E-state index is 14.7. The summed E-state index contributed by atoms with van der Waals surface area (Å²) >= 11 is 6.07. The standard InChI is InChI=1S/C28H29ClF4N4O/c1-37(2)24-10-6-9-23(24)35-26(38)36-27(16-18-7-4-3-5-8-18,25-12-11-21(29)17-34-25)19-13-20(28(31,32)33)15-22(30)14-19/h3-5,7-8,11-15,17,23-24H,6,9-10,16H2,1-2H3,(H2,35,36,38)/t23-,24-,27-/m1/s1. The lowest BCUT2D eigenvalue weighted by Crippen LogP contribution is -2.56. The number of benzene rings is 2. The highest BCUT2D eigenvalue weighted by atomic mass is 35.5. The van der Waals surface area contributed by atoms with Crippen molar-refractivity contribution < 1.29 is 22.4 Å². The largest absolute Gasteiger partial charge is 0.416 e. The minimum absolute atomic E-state index is 0.0123. The Morgan fingerprint density at radius 1 is 1.05 bits per heavy atom. The summed E-state index contributed by atoms with van der Waals surface area (Å²) in [7, 11) is 3.87. The minimum Gasteiger partial charge on any atom is -0.334 e. The number of hydrogen-bond acceptors (Lipinski definition) is 3. The highest BCUT2D eigenvalue weighted by Gasteiger charge is 2.42. The smallest absolute Gasteiger partial charge is 0.334 e. The number of halogens is 5. The van der Waals surface area contributed by atoms with Crippen LogP contribution in [0.3, 0.4) is 0 Å². The van der Waals surface area contributed by atoms with Gasteiger partial charge in [-0.25, -0.2) is 9.18 Å². The molecular weight excluding hydrogens is 520 g/mol. The van der Waals surface area contributed by atoms with Crippen molar-refractivity contribution in [3.8, 4) is 0 Å². The molecule has 0 saturated heterocycles. The molecule has 1 aromatic heterocycles. The number of rotatable bonds is 7. The zero-order chi connectivity index (χ0) is 27.5. The quantitative estimate of drug-likeness (QED) is 0.348. The molecule has 10 heteroatoms. The van der Waals surface area contributed by atoms with E-state index in [0.717, 1.165) is 31.4 Å². The van der Waals surface area contributed by atoms with Gasteiger partial charge in [0.1, 0.15) is 11.4 Å². The van der Waals surface area contributed by atoms with Crippen LogP contribution in [0.4, 0.5) is 22.4 Å². The number of urea groups is 1. The van der Waals surface area contributed by atoms with Crippen LogP contribution in [0.2, 0.25) is 5.02 Å².